The van der Waals surface area contributed by atoms with E-state index in [0.29, 0.717) is 13.1 Å². The second-order valence-corrected chi connectivity index (χ2v) is 4.84. The first-order valence-corrected chi connectivity index (χ1v) is 5.98. The minimum Gasteiger partial charge on any atom is -0.409 e. The number of hydrogen-bond acceptors (Lipinski definition) is 4. The zero-order valence-electron chi connectivity index (χ0n) is 9.95. The van der Waals surface area contributed by atoms with Gasteiger partial charge in [0.05, 0.1) is 5.60 Å². The van der Waals surface area contributed by atoms with Gasteiger partial charge in [-0.3, -0.25) is 0 Å². The molecule has 1 unspecified atom stereocenters. The van der Waals surface area contributed by atoms with Gasteiger partial charge in [-0.25, -0.2) is 0 Å². The summed E-state index contributed by atoms with van der Waals surface area (Å²) in [4.78, 5) is 0. The molecule has 94 valence electrons. The molecular weight excluding hydrogens is 206 g/mol. The molecule has 5 nitrogen and oxygen atoms in total. The van der Waals surface area contributed by atoms with E-state index in [1.807, 2.05) is 6.92 Å². The zero-order chi connectivity index (χ0) is 12.0. The number of nitrogens with two attached hydrogens (primary N) is 1. The van der Waals surface area contributed by atoms with Crippen LogP contribution >= 0.6 is 0 Å². The van der Waals surface area contributed by atoms with Gasteiger partial charge in [-0.2, -0.15) is 0 Å². The molecule has 0 radical (unpaired) electrons. The van der Waals surface area contributed by atoms with Crippen LogP contribution in [0.15, 0.2) is 5.16 Å². The molecule has 1 aliphatic rings. The molecule has 5 N–H and O–H groups in total. The topological polar surface area (TPSA) is 90.9 Å². The molecule has 0 aliphatic heterocycles. The smallest absolute Gasteiger partial charge is 0.143 e. The Bertz CT molecular complexity index is 237. The molecule has 0 bridgehead atoms. The average molecular weight is 229 g/mol. The predicted octanol–water partition coefficient (Wildman–Crippen LogP) is 0.654. The molecule has 1 saturated carbocycles. The molecule has 1 aliphatic carbocycles. The summed E-state index contributed by atoms with van der Waals surface area (Å²) < 4.78 is 0. The van der Waals surface area contributed by atoms with Crippen molar-refractivity contribution in [1.82, 2.24) is 5.32 Å². The van der Waals surface area contributed by atoms with Crippen molar-refractivity contribution in [2.45, 2.75) is 44.6 Å². The minimum absolute atomic E-state index is 0.0165. The van der Waals surface area contributed by atoms with Gasteiger partial charge < -0.3 is 21.4 Å². The van der Waals surface area contributed by atoms with Gasteiger partial charge in [0.15, 0.2) is 0 Å². The molecule has 0 aromatic rings. The third-order valence-corrected chi connectivity index (χ3v) is 3.31. The van der Waals surface area contributed by atoms with Gasteiger partial charge in [0.25, 0.3) is 0 Å². The van der Waals surface area contributed by atoms with E-state index >= 15 is 0 Å². The Morgan fingerprint density at radius 1 is 1.44 bits per heavy atom. The lowest BCUT2D eigenvalue weighted by Gasteiger charge is -2.32. The van der Waals surface area contributed by atoms with E-state index in [0.717, 1.165) is 25.7 Å². The first-order valence-electron chi connectivity index (χ1n) is 5.98. The number of nitrogens with zero attached hydrogens (tertiary/aromatic N) is 1. The van der Waals surface area contributed by atoms with Crippen molar-refractivity contribution in [3.63, 3.8) is 0 Å². The summed E-state index contributed by atoms with van der Waals surface area (Å²) in [5.74, 6) is 0.209. The third kappa shape index (κ3) is 3.98. The number of hydrogen-bond donors (Lipinski definition) is 4. The van der Waals surface area contributed by atoms with E-state index in [1.165, 1.54) is 6.42 Å². The van der Waals surface area contributed by atoms with E-state index in [2.05, 4.69) is 10.5 Å². The van der Waals surface area contributed by atoms with Crippen LogP contribution in [0, 0.1) is 5.92 Å². The van der Waals surface area contributed by atoms with Crippen LogP contribution in [-0.4, -0.2) is 34.8 Å². The summed E-state index contributed by atoms with van der Waals surface area (Å²) in [6.45, 7) is 3.10. The van der Waals surface area contributed by atoms with Gasteiger partial charge in [0.1, 0.15) is 5.84 Å². The second kappa shape index (κ2) is 6.06. The Hall–Kier alpha value is -0.810. The maximum Gasteiger partial charge on any atom is 0.143 e. The Kier molecular flexibility index (Phi) is 5.02. The fraction of sp³-hybridized carbons (Fsp3) is 0.909. The molecular formula is C11H23N3O2. The van der Waals surface area contributed by atoms with Crippen molar-refractivity contribution < 1.29 is 10.3 Å². The number of oxime groups is 1. The molecule has 1 rings (SSSR count). The maximum atomic E-state index is 10.2. The van der Waals surface area contributed by atoms with Gasteiger partial charge in [0.2, 0.25) is 0 Å². The summed E-state index contributed by atoms with van der Waals surface area (Å²) in [5, 5.41) is 24.8. The molecule has 1 fully saturated rings. The Morgan fingerprint density at radius 3 is 2.62 bits per heavy atom. The molecule has 5 heteroatoms. The highest BCUT2D eigenvalue weighted by molar-refractivity contribution is 5.82. The summed E-state index contributed by atoms with van der Waals surface area (Å²) in [6.07, 6.45) is 5.18. The van der Waals surface area contributed by atoms with Gasteiger partial charge in [-0.15, -0.1) is 0 Å². The maximum absolute atomic E-state index is 10.2. The highest BCUT2D eigenvalue weighted by atomic mass is 16.4. The lowest BCUT2D eigenvalue weighted by molar-refractivity contribution is 0.00480. The van der Waals surface area contributed by atoms with Crippen LogP contribution in [0.25, 0.3) is 0 Å². The monoisotopic (exact) mass is 229 g/mol. The fourth-order valence-corrected chi connectivity index (χ4v) is 2.11. The molecule has 16 heavy (non-hydrogen) atoms. The van der Waals surface area contributed by atoms with E-state index in [4.69, 9.17) is 10.9 Å². The molecule has 0 aromatic heterocycles. The van der Waals surface area contributed by atoms with E-state index in [9.17, 15) is 5.11 Å². The Labute approximate surface area is 96.7 Å². The SMILES string of the molecule is CC(CNCC1(O)CCCCC1)C(N)=NO. The second-order valence-electron chi connectivity index (χ2n) is 4.84. The number of aliphatic hydroxyl groups is 1. The molecule has 0 aromatic carbocycles. The summed E-state index contributed by atoms with van der Waals surface area (Å²) >= 11 is 0. The summed E-state index contributed by atoms with van der Waals surface area (Å²) in [7, 11) is 0. The average Bonchev–Trinajstić information content (AvgIpc) is 2.28. The molecule has 0 spiro atoms. The fourth-order valence-electron chi connectivity index (χ4n) is 2.11. The van der Waals surface area contributed by atoms with Crippen molar-refractivity contribution >= 4 is 5.84 Å². The number of rotatable bonds is 5. The van der Waals surface area contributed by atoms with Crippen LogP contribution in [0.4, 0.5) is 0 Å². The quantitative estimate of drug-likeness (QED) is 0.241. The molecule has 0 heterocycles. The number of nitrogens with one attached hydrogen (secondary N) is 1. The van der Waals surface area contributed by atoms with Crippen molar-refractivity contribution in [2.24, 2.45) is 16.8 Å². The third-order valence-electron chi connectivity index (χ3n) is 3.31. The van der Waals surface area contributed by atoms with Crippen LogP contribution in [0.2, 0.25) is 0 Å². The lowest BCUT2D eigenvalue weighted by Crippen LogP contribution is -2.44. The van der Waals surface area contributed by atoms with Crippen LogP contribution in [0.1, 0.15) is 39.0 Å². The van der Waals surface area contributed by atoms with Crippen molar-refractivity contribution in [3.05, 3.63) is 0 Å². The van der Waals surface area contributed by atoms with Crippen LogP contribution < -0.4 is 11.1 Å². The Morgan fingerprint density at radius 2 is 2.06 bits per heavy atom. The largest absolute Gasteiger partial charge is 0.409 e. The standard InChI is InChI=1S/C11H23N3O2/c1-9(10(12)14-16)7-13-8-11(15)5-3-2-4-6-11/h9,13,15-16H,2-8H2,1H3,(H2,12,14). The first-order chi connectivity index (χ1) is 7.57. The zero-order valence-corrected chi connectivity index (χ0v) is 9.95. The normalized spacial score (nSPS) is 23.0. The van der Waals surface area contributed by atoms with Crippen LogP contribution in [0.5, 0.6) is 0 Å². The Balaban J connectivity index is 2.24. The van der Waals surface area contributed by atoms with E-state index < -0.39 is 5.60 Å². The van der Waals surface area contributed by atoms with E-state index in [1.54, 1.807) is 0 Å². The highest BCUT2D eigenvalue weighted by Gasteiger charge is 2.28. The molecule has 1 atom stereocenters. The van der Waals surface area contributed by atoms with Crippen molar-refractivity contribution in [3.8, 4) is 0 Å². The van der Waals surface area contributed by atoms with Crippen molar-refractivity contribution in [2.75, 3.05) is 13.1 Å². The molecule has 0 amide bonds. The predicted molar refractivity (Wildman–Crippen MR) is 63.5 cm³/mol. The first kappa shape index (κ1) is 13.3. The van der Waals surface area contributed by atoms with Gasteiger partial charge in [0, 0.05) is 19.0 Å². The van der Waals surface area contributed by atoms with Gasteiger partial charge in [-0.1, -0.05) is 31.3 Å². The number of amidine groups is 1. The minimum atomic E-state index is -0.552. The van der Waals surface area contributed by atoms with Gasteiger partial charge >= 0.3 is 0 Å². The summed E-state index contributed by atoms with van der Waals surface area (Å²) in [6, 6.07) is 0. The lowest BCUT2D eigenvalue weighted by atomic mass is 9.85. The van der Waals surface area contributed by atoms with Crippen LogP contribution in [-0.2, 0) is 0 Å². The molecule has 0 saturated heterocycles. The van der Waals surface area contributed by atoms with E-state index in [-0.39, 0.29) is 11.8 Å². The van der Waals surface area contributed by atoms with Crippen molar-refractivity contribution in [1.29, 1.82) is 0 Å². The summed E-state index contributed by atoms with van der Waals surface area (Å²) in [5.41, 5.74) is 4.91. The van der Waals surface area contributed by atoms with Crippen LogP contribution in [0.3, 0.4) is 0 Å². The van der Waals surface area contributed by atoms with Gasteiger partial charge in [-0.05, 0) is 12.8 Å². The highest BCUT2D eigenvalue weighted by Crippen LogP contribution is 2.27.